The van der Waals surface area contributed by atoms with Gasteiger partial charge in [0.1, 0.15) is 6.61 Å². The topological polar surface area (TPSA) is 117 Å². The van der Waals surface area contributed by atoms with Crippen LogP contribution in [0.2, 0.25) is 0 Å². The number of benzene rings is 3. The molecule has 3 aromatic carbocycles. The zero-order valence-corrected chi connectivity index (χ0v) is 17.8. The van der Waals surface area contributed by atoms with E-state index in [1.807, 2.05) is 6.92 Å². The third-order valence-electron chi connectivity index (χ3n) is 4.74. The van der Waals surface area contributed by atoms with Gasteiger partial charge in [0.15, 0.2) is 11.5 Å². The summed E-state index contributed by atoms with van der Waals surface area (Å²) >= 11 is 0. The van der Waals surface area contributed by atoms with Crippen LogP contribution in [0.3, 0.4) is 0 Å². The molecule has 0 unspecified atom stereocenters. The number of ether oxygens (including phenoxy) is 2. The molecule has 0 bridgehead atoms. The summed E-state index contributed by atoms with van der Waals surface area (Å²) in [4.78, 5) is 22.0. The molecule has 2 N–H and O–H groups in total. The van der Waals surface area contributed by atoms with Crippen LogP contribution in [0, 0.1) is 11.3 Å². The highest BCUT2D eigenvalue weighted by atomic mass is 16.5. The Labute approximate surface area is 190 Å². The Kier molecular flexibility index (Phi) is 7.45. The van der Waals surface area contributed by atoms with Crippen molar-refractivity contribution < 1.29 is 29.3 Å². The molecule has 0 fully saturated rings. The normalized spacial score (nSPS) is 10.8. The van der Waals surface area contributed by atoms with E-state index in [0.717, 1.165) is 11.1 Å². The molecule has 0 aliphatic rings. The third-order valence-corrected chi connectivity index (χ3v) is 4.74. The molecule has 7 nitrogen and oxygen atoms in total. The Hall–Kier alpha value is -4.57. The Balaban J connectivity index is 1.81. The second-order valence-electron chi connectivity index (χ2n) is 6.98. The summed E-state index contributed by atoms with van der Waals surface area (Å²) in [5, 5.41) is 27.6. The summed E-state index contributed by atoms with van der Waals surface area (Å²) in [6.45, 7) is 2.49. The first-order chi connectivity index (χ1) is 15.9. The van der Waals surface area contributed by atoms with Crippen molar-refractivity contribution in [1.82, 2.24) is 0 Å². The predicted octanol–water partition coefficient (Wildman–Crippen LogP) is 5.12. The minimum absolute atomic E-state index is 0.147. The molecule has 3 rings (SSSR count). The van der Waals surface area contributed by atoms with Crippen molar-refractivity contribution in [2.75, 3.05) is 6.61 Å². The number of nitrogens with zero attached hydrogens (tertiary/aromatic N) is 1. The van der Waals surface area contributed by atoms with Gasteiger partial charge < -0.3 is 19.7 Å². The average Bonchev–Trinajstić information content (AvgIpc) is 2.82. The summed E-state index contributed by atoms with van der Waals surface area (Å²) < 4.78 is 11.6. The number of hydrogen-bond donors (Lipinski definition) is 2. The van der Waals surface area contributed by atoms with E-state index in [0.29, 0.717) is 29.2 Å². The summed E-state index contributed by atoms with van der Waals surface area (Å²) in [7, 11) is 0. The Morgan fingerprint density at radius 3 is 1.97 bits per heavy atom. The van der Waals surface area contributed by atoms with E-state index < -0.39 is 11.9 Å². The molecular weight excluding hydrogens is 422 g/mol. The number of aromatic carboxylic acids is 2. The van der Waals surface area contributed by atoms with Crippen molar-refractivity contribution in [3.63, 3.8) is 0 Å². The van der Waals surface area contributed by atoms with Gasteiger partial charge in [0.25, 0.3) is 0 Å². The molecule has 0 saturated heterocycles. The van der Waals surface area contributed by atoms with Crippen molar-refractivity contribution in [2.24, 2.45) is 0 Å². The summed E-state index contributed by atoms with van der Waals surface area (Å²) in [6, 6.07) is 19.9. The SMILES string of the molecule is CCOc1cc(C=C(C#N)c2ccc(C(=O)O)cc2)ccc1OCc1ccc(C(=O)O)cc1. The summed E-state index contributed by atoms with van der Waals surface area (Å²) in [6.07, 6.45) is 1.69. The van der Waals surface area contributed by atoms with Gasteiger partial charge in [0.2, 0.25) is 0 Å². The van der Waals surface area contributed by atoms with Gasteiger partial charge in [0.05, 0.1) is 29.4 Å². The van der Waals surface area contributed by atoms with Gasteiger partial charge >= 0.3 is 11.9 Å². The largest absolute Gasteiger partial charge is 0.490 e. The lowest BCUT2D eigenvalue weighted by atomic mass is 10.0. The Morgan fingerprint density at radius 1 is 0.848 bits per heavy atom. The van der Waals surface area contributed by atoms with Crippen LogP contribution in [0.1, 0.15) is 44.3 Å². The molecule has 0 aliphatic carbocycles. The van der Waals surface area contributed by atoms with E-state index >= 15 is 0 Å². The van der Waals surface area contributed by atoms with E-state index in [2.05, 4.69) is 6.07 Å². The van der Waals surface area contributed by atoms with Crippen LogP contribution in [0.5, 0.6) is 11.5 Å². The third kappa shape index (κ3) is 5.99. The maximum Gasteiger partial charge on any atom is 0.335 e. The van der Waals surface area contributed by atoms with Crippen molar-refractivity contribution in [3.05, 3.63) is 94.5 Å². The number of allylic oxidation sites excluding steroid dienone is 1. The lowest BCUT2D eigenvalue weighted by Crippen LogP contribution is -2.01. The minimum atomic E-state index is -1.03. The van der Waals surface area contributed by atoms with Gasteiger partial charge in [-0.1, -0.05) is 30.3 Å². The molecule has 0 aliphatic heterocycles. The lowest BCUT2D eigenvalue weighted by Gasteiger charge is -2.13. The Bertz CT molecular complexity index is 1220. The molecule has 0 atom stereocenters. The lowest BCUT2D eigenvalue weighted by molar-refractivity contribution is 0.0686. The molecular formula is C26H21NO6. The molecule has 7 heteroatoms. The highest BCUT2D eigenvalue weighted by molar-refractivity contribution is 5.92. The van der Waals surface area contributed by atoms with Crippen LogP contribution in [-0.2, 0) is 6.61 Å². The van der Waals surface area contributed by atoms with Crippen LogP contribution < -0.4 is 9.47 Å². The fourth-order valence-corrected chi connectivity index (χ4v) is 3.05. The predicted molar refractivity (Wildman–Crippen MR) is 122 cm³/mol. The smallest absolute Gasteiger partial charge is 0.335 e. The number of nitriles is 1. The number of carboxylic acids is 2. The van der Waals surface area contributed by atoms with E-state index in [1.165, 1.54) is 24.3 Å². The quantitative estimate of drug-likeness (QED) is 0.348. The van der Waals surface area contributed by atoms with Crippen molar-refractivity contribution >= 4 is 23.6 Å². The molecule has 0 radical (unpaired) electrons. The fraction of sp³-hybridized carbons (Fsp3) is 0.115. The maximum atomic E-state index is 11.0. The first-order valence-electron chi connectivity index (χ1n) is 10.1. The van der Waals surface area contributed by atoms with Crippen molar-refractivity contribution in [2.45, 2.75) is 13.5 Å². The van der Waals surface area contributed by atoms with E-state index in [4.69, 9.17) is 19.7 Å². The first-order valence-corrected chi connectivity index (χ1v) is 10.1. The highest BCUT2D eigenvalue weighted by Crippen LogP contribution is 2.31. The molecule has 33 heavy (non-hydrogen) atoms. The highest BCUT2D eigenvalue weighted by Gasteiger charge is 2.10. The zero-order valence-electron chi connectivity index (χ0n) is 17.8. The molecule has 3 aromatic rings. The van der Waals surface area contributed by atoms with Gasteiger partial charge in [-0.25, -0.2) is 9.59 Å². The molecule has 0 amide bonds. The molecule has 0 saturated carbocycles. The van der Waals surface area contributed by atoms with Crippen LogP contribution in [0.15, 0.2) is 66.7 Å². The molecule has 0 heterocycles. The van der Waals surface area contributed by atoms with E-state index in [1.54, 1.807) is 48.5 Å². The zero-order chi connectivity index (χ0) is 23.8. The second kappa shape index (κ2) is 10.6. The van der Waals surface area contributed by atoms with Gasteiger partial charge in [-0.3, -0.25) is 0 Å². The monoisotopic (exact) mass is 443 g/mol. The summed E-state index contributed by atoms with van der Waals surface area (Å²) in [5.74, 6) is -0.995. The maximum absolute atomic E-state index is 11.0. The van der Waals surface area contributed by atoms with E-state index in [9.17, 15) is 14.9 Å². The average molecular weight is 443 g/mol. The number of hydrogen-bond acceptors (Lipinski definition) is 5. The van der Waals surface area contributed by atoms with Crippen LogP contribution >= 0.6 is 0 Å². The van der Waals surface area contributed by atoms with Gasteiger partial charge in [-0.15, -0.1) is 0 Å². The molecule has 0 aromatic heterocycles. The van der Waals surface area contributed by atoms with Gasteiger partial charge in [-0.05, 0) is 66.1 Å². The number of carboxylic acid groups (broad SMARTS) is 2. The van der Waals surface area contributed by atoms with Crippen LogP contribution in [0.4, 0.5) is 0 Å². The summed E-state index contributed by atoms with van der Waals surface area (Å²) in [5.41, 5.74) is 2.86. The molecule has 166 valence electrons. The standard InChI is InChI=1S/C26H21NO6/c1-2-32-24-14-18(13-22(15-27)19-8-10-21(11-9-19)26(30)31)5-12-23(24)33-16-17-3-6-20(7-4-17)25(28)29/h3-14H,2,16H2,1H3,(H,28,29)(H,30,31). The van der Waals surface area contributed by atoms with E-state index in [-0.39, 0.29) is 17.7 Å². The van der Waals surface area contributed by atoms with Gasteiger partial charge in [-0.2, -0.15) is 5.26 Å². The minimum Gasteiger partial charge on any atom is -0.490 e. The number of rotatable bonds is 9. The number of carbonyl (C=O) groups is 2. The fourth-order valence-electron chi connectivity index (χ4n) is 3.05. The van der Waals surface area contributed by atoms with Crippen LogP contribution in [-0.4, -0.2) is 28.8 Å². The molecule has 0 spiro atoms. The first kappa shape index (κ1) is 23.1. The van der Waals surface area contributed by atoms with Crippen LogP contribution in [0.25, 0.3) is 11.6 Å². The second-order valence-corrected chi connectivity index (χ2v) is 6.98. The Morgan fingerprint density at radius 2 is 1.42 bits per heavy atom. The van der Waals surface area contributed by atoms with Gasteiger partial charge in [0, 0.05) is 0 Å². The van der Waals surface area contributed by atoms with Crippen molar-refractivity contribution in [1.29, 1.82) is 5.26 Å². The van der Waals surface area contributed by atoms with Crippen molar-refractivity contribution in [3.8, 4) is 17.6 Å².